The molecule has 1 saturated heterocycles. The van der Waals surface area contributed by atoms with Crippen molar-refractivity contribution in [3.63, 3.8) is 0 Å². The molecule has 0 aliphatic carbocycles. The van der Waals surface area contributed by atoms with Gasteiger partial charge in [0.25, 0.3) is 0 Å². The van der Waals surface area contributed by atoms with E-state index in [1.54, 1.807) is 11.8 Å². The maximum absolute atomic E-state index is 12.0. The molecule has 5 nitrogen and oxygen atoms in total. The monoisotopic (exact) mass is 315 g/mol. The summed E-state index contributed by atoms with van der Waals surface area (Å²) in [6, 6.07) is 1.99. The second kappa shape index (κ2) is 6.32. The van der Waals surface area contributed by atoms with Crippen molar-refractivity contribution in [1.82, 2.24) is 10.3 Å². The summed E-state index contributed by atoms with van der Waals surface area (Å²) in [5, 5.41) is 2.67. The molecule has 0 aromatic carbocycles. The SMILES string of the molecule is CNCc1cnc(C)cc1N1CCSCC1S(C)(=O)=O. The van der Waals surface area contributed by atoms with Crippen LogP contribution < -0.4 is 10.2 Å². The number of rotatable bonds is 4. The van der Waals surface area contributed by atoms with Gasteiger partial charge in [0.15, 0.2) is 9.84 Å². The molecule has 1 aliphatic heterocycles. The van der Waals surface area contributed by atoms with E-state index in [0.717, 1.165) is 29.2 Å². The molecule has 112 valence electrons. The Hall–Kier alpha value is -0.790. The summed E-state index contributed by atoms with van der Waals surface area (Å²) in [5.74, 6) is 1.57. The quantitative estimate of drug-likeness (QED) is 0.895. The number of aryl methyl sites for hydroxylation is 1. The van der Waals surface area contributed by atoms with E-state index < -0.39 is 15.2 Å². The second-order valence-corrected chi connectivity index (χ2v) is 8.39. The minimum absolute atomic E-state index is 0.446. The van der Waals surface area contributed by atoms with Gasteiger partial charge in [0.05, 0.1) is 0 Å². The molecule has 2 heterocycles. The Balaban J connectivity index is 2.44. The van der Waals surface area contributed by atoms with Crippen LogP contribution in [-0.4, -0.2) is 50.1 Å². The smallest absolute Gasteiger partial charge is 0.169 e. The van der Waals surface area contributed by atoms with Gasteiger partial charge in [0.1, 0.15) is 5.37 Å². The summed E-state index contributed by atoms with van der Waals surface area (Å²) in [6.45, 7) is 3.37. The van der Waals surface area contributed by atoms with E-state index in [4.69, 9.17) is 0 Å². The van der Waals surface area contributed by atoms with Crippen LogP contribution in [0.15, 0.2) is 12.3 Å². The van der Waals surface area contributed by atoms with E-state index in [-0.39, 0.29) is 0 Å². The van der Waals surface area contributed by atoms with Gasteiger partial charge >= 0.3 is 0 Å². The van der Waals surface area contributed by atoms with Crippen LogP contribution in [0.4, 0.5) is 5.69 Å². The van der Waals surface area contributed by atoms with Crippen molar-refractivity contribution in [3.05, 3.63) is 23.5 Å². The van der Waals surface area contributed by atoms with E-state index in [1.807, 2.05) is 31.1 Å². The third-order valence-electron chi connectivity index (χ3n) is 3.35. The van der Waals surface area contributed by atoms with Gasteiger partial charge < -0.3 is 10.2 Å². The van der Waals surface area contributed by atoms with Crippen molar-refractivity contribution in [1.29, 1.82) is 0 Å². The maximum atomic E-state index is 12.0. The van der Waals surface area contributed by atoms with Gasteiger partial charge in [-0.25, -0.2) is 8.42 Å². The third kappa shape index (κ3) is 3.45. The summed E-state index contributed by atoms with van der Waals surface area (Å²) in [4.78, 5) is 6.34. The first-order valence-corrected chi connectivity index (χ1v) is 9.68. The third-order valence-corrected chi connectivity index (χ3v) is 6.00. The van der Waals surface area contributed by atoms with Crippen LogP contribution in [0.5, 0.6) is 0 Å². The van der Waals surface area contributed by atoms with Crippen molar-refractivity contribution < 1.29 is 8.42 Å². The number of nitrogens with zero attached hydrogens (tertiary/aromatic N) is 2. The van der Waals surface area contributed by atoms with Crippen molar-refractivity contribution in [2.75, 3.05) is 36.3 Å². The Morgan fingerprint density at radius 3 is 2.95 bits per heavy atom. The van der Waals surface area contributed by atoms with Crippen LogP contribution in [0, 0.1) is 6.92 Å². The van der Waals surface area contributed by atoms with Crippen molar-refractivity contribution in [2.24, 2.45) is 0 Å². The molecule has 0 spiro atoms. The highest BCUT2D eigenvalue weighted by molar-refractivity contribution is 8.01. The zero-order chi connectivity index (χ0) is 14.8. The van der Waals surface area contributed by atoms with Crippen LogP contribution in [-0.2, 0) is 16.4 Å². The number of pyridine rings is 1. The van der Waals surface area contributed by atoms with Crippen LogP contribution in [0.2, 0.25) is 0 Å². The second-order valence-electron chi connectivity index (χ2n) is 5.04. The number of hydrogen-bond acceptors (Lipinski definition) is 6. The predicted molar refractivity (Wildman–Crippen MR) is 85.0 cm³/mol. The molecule has 1 aromatic rings. The molecule has 1 aliphatic rings. The predicted octanol–water partition coefficient (Wildman–Crippen LogP) is 1.03. The van der Waals surface area contributed by atoms with Gasteiger partial charge in [0, 0.05) is 54.0 Å². The molecule has 1 aromatic heterocycles. The largest absolute Gasteiger partial charge is 0.353 e. The summed E-state index contributed by atoms with van der Waals surface area (Å²) in [7, 11) is -1.22. The molecule has 1 unspecified atom stereocenters. The Bertz CT molecular complexity index is 575. The van der Waals surface area contributed by atoms with Crippen molar-refractivity contribution in [2.45, 2.75) is 18.8 Å². The molecule has 1 fully saturated rings. The fourth-order valence-electron chi connectivity index (χ4n) is 2.38. The van der Waals surface area contributed by atoms with Crippen LogP contribution >= 0.6 is 11.8 Å². The highest BCUT2D eigenvalue weighted by Crippen LogP contribution is 2.29. The minimum Gasteiger partial charge on any atom is -0.353 e. The van der Waals surface area contributed by atoms with Crippen LogP contribution in [0.1, 0.15) is 11.3 Å². The van der Waals surface area contributed by atoms with Crippen LogP contribution in [0.3, 0.4) is 0 Å². The Morgan fingerprint density at radius 2 is 2.30 bits per heavy atom. The lowest BCUT2D eigenvalue weighted by atomic mass is 10.2. The van der Waals surface area contributed by atoms with Gasteiger partial charge in [-0.2, -0.15) is 11.8 Å². The molecule has 2 rings (SSSR count). The zero-order valence-corrected chi connectivity index (χ0v) is 13.7. The molecule has 1 atom stereocenters. The molecule has 0 amide bonds. The average Bonchev–Trinajstić information content (AvgIpc) is 2.40. The van der Waals surface area contributed by atoms with E-state index in [9.17, 15) is 8.42 Å². The Kier molecular flexibility index (Phi) is 4.93. The fraction of sp³-hybridized carbons (Fsp3) is 0.615. The number of nitrogens with one attached hydrogen (secondary N) is 1. The first kappa shape index (κ1) is 15.6. The lowest BCUT2D eigenvalue weighted by molar-refractivity contribution is 0.584. The topological polar surface area (TPSA) is 62.3 Å². The van der Waals surface area contributed by atoms with Gasteiger partial charge in [-0.1, -0.05) is 0 Å². The van der Waals surface area contributed by atoms with Crippen LogP contribution in [0.25, 0.3) is 0 Å². The summed E-state index contributed by atoms with van der Waals surface area (Å²) < 4.78 is 24.1. The lowest BCUT2D eigenvalue weighted by Gasteiger charge is -2.37. The van der Waals surface area contributed by atoms with E-state index in [2.05, 4.69) is 10.3 Å². The molecule has 0 bridgehead atoms. The first-order chi connectivity index (χ1) is 9.43. The summed E-state index contributed by atoms with van der Waals surface area (Å²) >= 11 is 1.70. The number of aromatic nitrogens is 1. The molecule has 20 heavy (non-hydrogen) atoms. The molecule has 1 N–H and O–H groups in total. The van der Waals surface area contributed by atoms with E-state index >= 15 is 0 Å². The standard InChI is InChI=1S/C13H21N3O2S2/c1-10-6-12(11(7-14-2)8-15-10)16-4-5-19-9-13(16)20(3,17)18/h6,8,13-14H,4-5,7,9H2,1-3H3. The molecular formula is C13H21N3O2S2. The van der Waals surface area contributed by atoms with Crippen molar-refractivity contribution >= 4 is 27.3 Å². The number of anilines is 1. The zero-order valence-electron chi connectivity index (χ0n) is 12.1. The lowest BCUT2D eigenvalue weighted by Crippen LogP contribution is -2.47. The van der Waals surface area contributed by atoms with Crippen molar-refractivity contribution in [3.8, 4) is 0 Å². The van der Waals surface area contributed by atoms with Gasteiger partial charge in [-0.15, -0.1) is 0 Å². The highest BCUT2D eigenvalue weighted by Gasteiger charge is 2.32. The van der Waals surface area contributed by atoms with Gasteiger partial charge in [-0.05, 0) is 20.0 Å². The Morgan fingerprint density at radius 1 is 1.55 bits per heavy atom. The normalized spacial score (nSPS) is 20.1. The van der Waals surface area contributed by atoms with Gasteiger partial charge in [0.2, 0.25) is 0 Å². The van der Waals surface area contributed by atoms with E-state index in [1.165, 1.54) is 6.26 Å². The number of sulfone groups is 1. The molecule has 0 radical (unpaired) electrons. The van der Waals surface area contributed by atoms with E-state index in [0.29, 0.717) is 12.3 Å². The Labute approximate surface area is 125 Å². The summed E-state index contributed by atoms with van der Waals surface area (Å²) in [5.41, 5.74) is 2.94. The highest BCUT2D eigenvalue weighted by atomic mass is 32.2. The maximum Gasteiger partial charge on any atom is 0.169 e. The minimum atomic E-state index is -3.10. The molecule has 7 heteroatoms. The summed E-state index contributed by atoms with van der Waals surface area (Å²) in [6.07, 6.45) is 3.16. The average molecular weight is 315 g/mol. The molecule has 0 saturated carbocycles. The van der Waals surface area contributed by atoms with Gasteiger partial charge in [-0.3, -0.25) is 4.98 Å². The molecular weight excluding hydrogens is 294 g/mol. The number of thioether (sulfide) groups is 1. The first-order valence-electron chi connectivity index (χ1n) is 6.57. The number of hydrogen-bond donors (Lipinski definition) is 1. The fourth-order valence-corrected chi connectivity index (χ4v) is 5.21.